The molecule has 14 heavy (non-hydrogen) atoms. The van der Waals surface area contributed by atoms with Gasteiger partial charge in [-0.25, -0.2) is 0 Å². The Balaban J connectivity index is 2.53. The maximum atomic E-state index is 5.65. The fourth-order valence-electron chi connectivity index (χ4n) is 1.51. The monoisotopic (exact) mass is 190 g/mol. The van der Waals surface area contributed by atoms with Crippen LogP contribution in [0.15, 0.2) is 28.7 Å². The van der Waals surface area contributed by atoms with Crippen molar-refractivity contribution < 1.29 is 9.15 Å². The number of rotatable bonds is 2. The predicted octanol–water partition coefficient (Wildman–Crippen LogP) is 3.53. The van der Waals surface area contributed by atoms with Gasteiger partial charge in [-0.3, -0.25) is 0 Å². The van der Waals surface area contributed by atoms with E-state index in [0.29, 0.717) is 0 Å². The normalized spacial score (nSPS) is 11.1. The Morgan fingerprint density at radius 3 is 2.79 bits per heavy atom. The van der Waals surface area contributed by atoms with Crippen molar-refractivity contribution in [1.82, 2.24) is 0 Å². The van der Waals surface area contributed by atoms with Crippen LogP contribution < -0.4 is 4.74 Å². The van der Waals surface area contributed by atoms with E-state index in [-0.39, 0.29) is 6.10 Å². The average molecular weight is 190 g/mol. The smallest absolute Gasteiger partial charge is 0.176 e. The van der Waals surface area contributed by atoms with Gasteiger partial charge in [-0.1, -0.05) is 12.1 Å². The van der Waals surface area contributed by atoms with Gasteiger partial charge in [0.25, 0.3) is 0 Å². The highest BCUT2D eigenvalue weighted by molar-refractivity contribution is 5.83. The second kappa shape index (κ2) is 3.37. The minimum atomic E-state index is 0.172. The highest BCUT2D eigenvalue weighted by atomic mass is 16.5. The molecule has 2 heteroatoms. The van der Waals surface area contributed by atoms with Crippen molar-refractivity contribution in [3.63, 3.8) is 0 Å². The molecule has 1 heterocycles. The zero-order valence-electron chi connectivity index (χ0n) is 8.70. The lowest BCUT2D eigenvalue weighted by molar-refractivity contribution is 0.242. The first kappa shape index (κ1) is 9.13. The molecule has 0 aliphatic carbocycles. The molecule has 0 unspecified atom stereocenters. The minimum absolute atomic E-state index is 0.172. The molecule has 0 aliphatic rings. The molecule has 74 valence electrons. The van der Waals surface area contributed by atoms with Gasteiger partial charge >= 0.3 is 0 Å². The molecular weight excluding hydrogens is 176 g/mol. The summed E-state index contributed by atoms with van der Waals surface area (Å²) in [7, 11) is 0. The molecule has 2 rings (SSSR count). The number of hydrogen-bond acceptors (Lipinski definition) is 2. The summed E-state index contributed by atoms with van der Waals surface area (Å²) < 4.78 is 11.2. The Labute approximate surface area is 83.5 Å². The van der Waals surface area contributed by atoms with Crippen molar-refractivity contribution in [3.05, 3.63) is 30.0 Å². The van der Waals surface area contributed by atoms with Gasteiger partial charge in [-0.05, 0) is 32.9 Å². The Morgan fingerprint density at radius 1 is 1.29 bits per heavy atom. The first-order chi connectivity index (χ1) is 6.66. The number of hydrogen-bond donors (Lipinski definition) is 0. The molecule has 1 aromatic carbocycles. The molecule has 0 saturated heterocycles. The van der Waals surface area contributed by atoms with Crippen LogP contribution in [0.5, 0.6) is 5.75 Å². The molecule has 0 radical (unpaired) electrons. The molecule has 1 aromatic heterocycles. The number of fused-ring (bicyclic) bond motifs is 1. The second-order valence-corrected chi connectivity index (χ2v) is 3.70. The lowest BCUT2D eigenvalue weighted by Gasteiger charge is -2.09. The van der Waals surface area contributed by atoms with E-state index in [1.807, 2.05) is 45.0 Å². The average Bonchev–Trinajstić information content (AvgIpc) is 2.45. The van der Waals surface area contributed by atoms with E-state index in [0.717, 1.165) is 22.5 Å². The Morgan fingerprint density at radius 2 is 2.07 bits per heavy atom. The Hall–Kier alpha value is -1.44. The third-order valence-electron chi connectivity index (χ3n) is 1.99. The minimum Gasteiger partial charge on any atom is -0.487 e. The maximum absolute atomic E-state index is 5.65. The van der Waals surface area contributed by atoms with Crippen LogP contribution in [0.1, 0.15) is 19.6 Å². The maximum Gasteiger partial charge on any atom is 0.176 e. The van der Waals surface area contributed by atoms with E-state index in [1.165, 1.54) is 0 Å². The molecule has 2 nitrogen and oxygen atoms in total. The Kier molecular flexibility index (Phi) is 2.20. The summed E-state index contributed by atoms with van der Waals surface area (Å²) in [6.45, 7) is 5.96. The fourth-order valence-corrected chi connectivity index (χ4v) is 1.51. The van der Waals surface area contributed by atoms with E-state index in [9.17, 15) is 0 Å². The van der Waals surface area contributed by atoms with Crippen molar-refractivity contribution in [2.45, 2.75) is 26.9 Å². The van der Waals surface area contributed by atoms with Gasteiger partial charge in [-0.2, -0.15) is 0 Å². The number of benzene rings is 1. The molecule has 0 saturated carbocycles. The Bertz CT molecular complexity index is 441. The zero-order chi connectivity index (χ0) is 10.1. The number of ether oxygens (including phenoxy) is 1. The van der Waals surface area contributed by atoms with Crippen LogP contribution in [0.25, 0.3) is 11.0 Å². The summed E-state index contributed by atoms with van der Waals surface area (Å²) in [6, 6.07) is 7.96. The van der Waals surface area contributed by atoms with Crippen molar-refractivity contribution in [1.29, 1.82) is 0 Å². The molecule has 0 aliphatic heterocycles. The second-order valence-electron chi connectivity index (χ2n) is 3.70. The molecule has 0 bridgehead atoms. The third kappa shape index (κ3) is 1.60. The topological polar surface area (TPSA) is 22.4 Å². The predicted molar refractivity (Wildman–Crippen MR) is 56.7 cm³/mol. The van der Waals surface area contributed by atoms with Gasteiger partial charge in [-0.15, -0.1) is 0 Å². The van der Waals surface area contributed by atoms with E-state index < -0.39 is 0 Å². The summed E-state index contributed by atoms with van der Waals surface area (Å²) in [4.78, 5) is 0. The molecule has 0 spiro atoms. The van der Waals surface area contributed by atoms with Gasteiger partial charge < -0.3 is 9.15 Å². The first-order valence-electron chi connectivity index (χ1n) is 4.82. The van der Waals surface area contributed by atoms with Crippen LogP contribution in [0.3, 0.4) is 0 Å². The van der Waals surface area contributed by atoms with Crippen LogP contribution in [0.2, 0.25) is 0 Å². The van der Waals surface area contributed by atoms with E-state index >= 15 is 0 Å². The van der Waals surface area contributed by atoms with Gasteiger partial charge in [0.15, 0.2) is 11.3 Å². The molecular formula is C12H14O2. The molecule has 0 fully saturated rings. The third-order valence-corrected chi connectivity index (χ3v) is 1.99. The van der Waals surface area contributed by atoms with E-state index in [4.69, 9.17) is 9.15 Å². The highest BCUT2D eigenvalue weighted by Gasteiger charge is 2.07. The van der Waals surface area contributed by atoms with Crippen LogP contribution >= 0.6 is 0 Å². The first-order valence-corrected chi connectivity index (χ1v) is 4.82. The summed E-state index contributed by atoms with van der Waals surface area (Å²) in [5.74, 6) is 1.74. The van der Waals surface area contributed by atoms with Crippen molar-refractivity contribution in [2.24, 2.45) is 0 Å². The van der Waals surface area contributed by atoms with Crippen molar-refractivity contribution in [2.75, 3.05) is 0 Å². The van der Waals surface area contributed by atoms with Crippen LogP contribution in [0, 0.1) is 6.92 Å². The summed E-state index contributed by atoms with van der Waals surface area (Å²) >= 11 is 0. The standard InChI is InChI=1S/C12H14O2/c1-8(2)13-11-6-4-5-10-7-9(3)14-12(10)11/h4-8H,1-3H3. The van der Waals surface area contributed by atoms with Gasteiger partial charge in [0.1, 0.15) is 5.76 Å². The lowest BCUT2D eigenvalue weighted by Crippen LogP contribution is -2.05. The van der Waals surface area contributed by atoms with E-state index in [1.54, 1.807) is 0 Å². The fraction of sp³-hybridized carbons (Fsp3) is 0.333. The van der Waals surface area contributed by atoms with Crippen LogP contribution in [-0.2, 0) is 0 Å². The van der Waals surface area contributed by atoms with Crippen molar-refractivity contribution >= 4 is 11.0 Å². The van der Waals surface area contributed by atoms with Crippen molar-refractivity contribution in [3.8, 4) is 5.75 Å². The lowest BCUT2D eigenvalue weighted by atomic mass is 10.2. The van der Waals surface area contributed by atoms with Gasteiger partial charge in [0.2, 0.25) is 0 Å². The quantitative estimate of drug-likeness (QED) is 0.722. The van der Waals surface area contributed by atoms with Crippen LogP contribution in [0.4, 0.5) is 0 Å². The molecule has 0 N–H and O–H groups in total. The summed E-state index contributed by atoms with van der Waals surface area (Å²) in [5, 5.41) is 1.10. The number of para-hydroxylation sites is 1. The van der Waals surface area contributed by atoms with Crippen LogP contribution in [-0.4, -0.2) is 6.10 Å². The SMILES string of the molecule is Cc1cc2cccc(OC(C)C)c2o1. The highest BCUT2D eigenvalue weighted by Crippen LogP contribution is 2.28. The number of furan rings is 1. The molecule has 2 aromatic rings. The molecule has 0 amide bonds. The number of aryl methyl sites for hydroxylation is 1. The summed E-state index contributed by atoms with van der Waals surface area (Å²) in [6.07, 6.45) is 0.172. The van der Waals surface area contributed by atoms with Gasteiger partial charge in [0.05, 0.1) is 6.10 Å². The zero-order valence-corrected chi connectivity index (χ0v) is 8.70. The summed E-state index contributed by atoms with van der Waals surface area (Å²) in [5.41, 5.74) is 0.846. The molecule has 0 atom stereocenters. The largest absolute Gasteiger partial charge is 0.487 e. The van der Waals surface area contributed by atoms with E-state index in [2.05, 4.69) is 0 Å². The van der Waals surface area contributed by atoms with Gasteiger partial charge in [0, 0.05) is 5.39 Å².